The number of nitrogens with zero attached hydrogens (tertiary/aromatic N) is 2. The Balaban J connectivity index is 1.89. The Labute approximate surface area is 175 Å². The van der Waals surface area contributed by atoms with Crippen molar-refractivity contribution in [3.8, 4) is 0 Å². The van der Waals surface area contributed by atoms with Gasteiger partial charge in [-0.15, -0.1) is 11.3 Å². The smallest absolute Gasteiger partial charge is 0.270 e. The Morgan fingerprint density at radius 3 is 2.62 bits per heavy atom. The fourth-order valence-electron chi connectivity index (χ4n) is 3.06. The second-order valence-electron chi connectivity index (χ2n) is 6.70. The lowest BCUT2D eigenvalue weighted by atomic mass is 10.1. The Hall–Kier alpha value is -2.29. The number of thiazole rings is 1. The van der Waals surface area contributed by atoms with E-state index in [1.54, 1.807) is 17.5 Å². The molecule has 3 aromatic rings. The lowest BCUT2D eigenvalue weighted by Crippen LogP contribution is -2.31. The van der Waals surface area contributed by atoms with E-state index >= 15 is 0 Å². The van der Waals surface area contributed by atoms with Gasteiger partial charge in [0.15, 0.2) is 0 Å². The summed E-state index contributed by atoms with van der Waals surface area (Å²) in [5.74, 6) is -0.228. The molecule has 154 valence electrons. The third-order valence-corrected chi connectivity index (χ3v) is 7.21. The monoisotopic (exact) mass is 431 g/mol. The molecule has 1 heterocycles. The first kappa shape index (κ1) is 21.4. The molecule has 0 unspecified atom stereocenters. The highest BCUT2D eigenvalue weighted by Gasteiger charge is 2.27. The molecule has 1 aromatic heterocycles. The molecule has 1 amide bonds. The minimum atomic E-state index is -3.71. The van der Waals surface area contributed by atoms with Gasteiger partial charge in [-0.1, -0.05) is 50.2 Å². The molecule has 0 atom stereocenters. The van der Waals surface area contributed by atoms with Crippen LogP contribution < -0.4 is 5.32 Å². The maximum absolute atomic E-state index is 13.4. The second kappa shape index (κ2) is 9.47. The lowest BCUT2D eigenvalue weighted by molar-refractivity contribution is 0.0949. The summed E-state index contributed by atoms with van der Waals surface area (Å²) in [5.41, 5.74) is 0.331. The van der Waals surface area contributed by atoms with Crippen molar-refractivity contribution in [3.05, 3.63) is 58.5 Å². The fraction of sp³-hybridized carbons (Fsp3) is 0.333. The zero-order valence-corrected chi connectivity index (χ0v) is 18.2. The van der Waals surface area contributed by atoms with Crippen LogP contribution in [0.5, 0.6) is 0 Å². The number of aromatic nitrogens is 1. The van der Waals surface area contributed by atoms with Crippen LogP contribution in [0.3, 0.4) is 0 Å². The zero-order chi connectivity index (χ0) is 20.9. The quantitative estimate of drug-likeness (QED) is 0.555. The number of amides is 1. The van der Waals surface area contributed by atoms with Crippen LogP contribution in [0.25, 0.3) is 10.8 Å². The van der Waals surface area contributed by atoms with Gasteiger partial charge in [-0.05, 0) is 24.3 Å². The molecule has 0 fully saturated rings. The number of hydrogen-bond donors (Lipinski definition) is 1. The van der Waals surface area contributed by atoms with E-state index in [0.29, 0.717) is 40.5 Å². The molecular weight excluding hydrogens is 406 g/mol. The van der Waals surface area contributed by atoms with E-state index < -0.39 is 10.0 Å². The first-order chi connectivity index (χ1) is 14.0. The zero-order valence-electron chi connectivity index (χ0n) is 16.6. The molecule has 0 spiro atoms. The number of rotatable bonds is 9. The molecule has 0 radical (unpaired) electrons. The van der Waals surface area contributed by atoms with E-state index in [1.807, 2.05) is 44.2 Å². The molecule has 8 heteroatoms. The van der Waals surface area contributed by atoms with Gasteiger partial charge in [0.25, 0.3) is 5.91 Å². The molecule has 0 aliphatic rings. The van der Waals surface area contributed by atoms with Crippen molar-refractivity contribution in [2.75, 3.05) is 13.1 Å². The van der Waals surface area contributed by atoms with Gasteiger partial charge in [-0.2, -0.15) is 4.31 Å². The number of fused-ring (bicyclic) bond motifs is 1. The van der Waals surface area contributed by atoms with Crippen LogP contribution in [0.1, 0.15) is 42.2 Å². The number of nitrogens with one attached hydrogen (secondary N) is 1. The van der Waals surface area contributed by atoms with Gasteiger partial charge >= 0.3 is 0 Å². The van der Waals surface area contributed by atoms with Crippen LogP contribution in [0.2, 0.25) is 0 Å². The second-order valence-corrected chi connectivity index (χ2v) is 9.55. The summed E-state index contributed by atoms with van der Waals surface area (Å²) in [6.45, 7) is 5.03. The summed E-state index contributed by atoms with van der Waals surface area (Å²) in [6.07, 6.45) is 1.52. The van der Waals surface area contributed by atoms with Crippen molar-refractivity contribution >= 4 is 38.0 Å². The Morgan fingerprint density at radius 2 is 1.86 bits per heavy atom. The van der Waals surface area contributed by atoms with Crippen LogP contribution in [-0.2, 0) is 16.6 Å². The van der Waals surface area contributed by atoms with Gasteiger partial charge < -0.3 is 5.32 Å². The van der Waals surface area contributed by atoms with Crippen LogP contribution in [0.4, 0.5) is 0 Å². The summed E-state index contributed by atoms with van der Waals surface area (Å²) < 4.78 is 28.3. The number of sulfonamides is 1. The number of benzene rings is 2. The molecule has 3 rings (SSSR count). The maximum Gasteiger partial charge on any atom is 0.270 e. The van der Waals surface area contributed by atoms with Crippen molar-refractivity contribution < 1.29 is 13.2 Å². The first-order valence-electron chi connectivity index (χ1n) is 9.68. The van der Waals surface area contributed by atoms with Crippen LogP contribution in [0, 0.1) is 0 Å². The molecular formula is C21H25N3O3S2. The lowest BCUT2D eigenvalue weighted by Gasteiger charge is -2.21. The number of hydrogen-bond acceptors (Lipinski definition) is 5. The SMILES string of the molecule is CCCNC(=O)c1csc(CN(CCC)S(=O)(=O)c2cccc3ccccc23)n1. The highest BCUT2D eigenvalue weighted by Crippen LogP contribution is 2.27. The van der Waals surface area contributed by atoms with Crippen molar-refractivity contribution in [2.45, 2.75) is 38.1 Å². The Morgan fingerprint density at radius 1 is 1.10 bits per heavy atom. The Kier molecular flexibility index (Phi) is 7.00. The summed E-state index contributed by atoms with van der Waals surface area (Å²) >= 11 is 1.30. The molecule has 0 aliphatic heterocycles. The maximum atomic E-state index is 13.4. The van der Waals surface area contributed by atoms with Gasteiger partial charge in [-0.25, -0.2) is 13.4 Å². The molecule has 0 aliphatic carbocycles. The topological polar surface area (TPSA) is 79.4 Å². The average Bonchev–Trinajstić information content (AvgIpc) is 3.20. The van der Waals surface area contributed by atoms with Crippen LogP contribution >= 0.6 is 11.3 Å². The molecule has 1 N–H and O–H groups in total. The summed E-state index contributed by atoms with van der Waals surface area (Å²) in [6, 6.07) is 12.8. The van der Waals surface area contributed by atoms with Crippen molar-refractivity contribution in [3.63, 3.8) is 0 Å². The summed E-state index contributed by atoms with van der Waals surface area (Å²) in [7, 11) is -3.71. The highest BCUT2D eigenvalue weighted by molar-refractivity contribution is 7.89. The summed E-state index contributed by atoms with van der Waals surface area (Å²) in [4.78, 5) is 16.7. The van der Waals surface area contributed by atoms with Crippen molar-refractivity contribution in [2.24, 2.45) is 0 Å². The minimum absolute atomic E-state index is 0.144. The largest absolute Gasteiger partial charge is 0.351 e. The average molecular weight is 432 g/mol. The minimum Gasteiger partial charge on any atom is -0.351 e. The van der Waals surface area contributed by atoms with Gasteiger partial charge in [0, 0.05) is 23.9 Å². The predicted molar refractivity (Wildman–Crippen MR) is 117 cm³/mol. The summed E-state index contributed by atoms with van der Waals surface area (Å²) in [5, 5.41) is 6.65. The van der Waals surface area contributed by atoms with E-state index in [0.717, 1.165) is 11.8 Å². The van der Waals surface area contributed by atoms with Crippen LogP contribution in [0.15, 0.2) is 52.7 Å². The van der Waals surface area contributed by atoms with Gasteiger partial charge in [-0.3, -0.25) is 4.79 Å². The molecule has 0 saturated carbocycles. The predicted octanol–water partition coefficient (Wildman–Crippen LogP) is 4.04. The van der Waals surface area contributed by atoms with Crippen molar-refractivity contribution in [1.29, 1.82) is 0 Å². The fourth-order valence-corrected chi connectivity index (χ4v) is 5.64. The van der Waals surface area contributed by atoms with E-state index in [-0.39, 0.29) is 12.5 Å². The normalized spacial score (nSPS) is 11.8. The van der Waals surface area contributed by atoms with Crippen LogP contribution in [-0.4, -0.2) is 36.7 Å². The number of carbonyl (C=O) groups is 1. The Bertz CT molecular complexity index is 1090. The first-order valence-corrected chi connectivity index (χ1v) is 12.0. The van der Waals surface area contributed by atoms with E-state index in [4.69, 9.17) is 0 Å². The van der Waals surface area contributed by atoms with E-state index in [9.17, 15) is 13.2 Å². The van der Waals surface area contributed by atoms with Gasteiger partial charge in [0.05, 0.1) is 11.4 Å². The third kappa shape index (κ3) is 4.83. The highest BCUT2D eigenvalue weighted by atomic mass is 32.2. The molecule has 29 heavy (non-hydrogen) atoms. The molecule has 0 bridgehead atoms. The number of carbonyl (C=O) groups excluding carboxylic acids is 1. The van der Waals surface area contributed by atoms with Crippen molar-refractivity contribution in [1.82, 2.24) is 14.6 Å². The molecule has 6 nitrogen and oxygen atoms in total. The van der Waals surface area contributed by atoms with E-state index in [1.165, 1.54) is 15.6 Å². The van der Waals surface area contributed by atoms with Gasteiger partial charge in [0.1, 0.15) is 10.7 Å². The third-order valence-electron chi connectivity index (χ3n) is 4.47. The van der Waals surface area contributed by atoms with E-state index in [2.05, 4.69) is 10.3 Å². The standard InChI is InChI=1S/C21H25N3O3S2/c1-3-12-22-21(25)18-15-28-20(23-18)14-24(13-4-2)29(26,27)19-11-7-9-16-8-5-6-10-17(16)19/h5-11,15H,3-4,12-14H2,1-2H3,(H,22,25). The molecule has 0 saturated heterocycles. The molecule has 2 aromatic carbocycles. The van der Waals surface area contributed by atoms with Gasteiger partial charge in [0.2, 0.25) is 10.0 Å².